The van der Waals surface area contributed by atoms with E-state index in [-0.39, 0.29) is 16.6 Å². The highest BCUT2D eigenvalue weighted by Crippen LogP contribution is 2.51. The summed E-state index contributed by atoms with van der Waals surface area (Å²) in [5, 5.41) is 0.803. The molecule has 5 heteroatoms. The molecule has 5 aromatic carbocycles. The van der Waals surface area contributed by atoms with Crippen molar-refractivity contribution >= 4 is 57.4 Å². The highest BCUT2D eigenvalue weighted by Gasteiger charge is 2.36. The third-order valence-corrected chi connectivity index (χ3v) is 8.32. The Bertz CT molecular complexity index is 1990. The second kappa shape index (κ2) is 8.97. The van der Waals surface area contributed by atoms with Gasteiger partial charge in [-0.05, 0) is 53.6 Å². The molecule has 1 aromatic heterocycles. The lowest BCUT2D eigenvalue weighted by Gasteiger charge is -2.42. The number of anilines is 3. The molecule has 0 spiro atoms. The van der Waals surface area contributed by atoms with Crippen molar-refractivity contribution in [3.8, 4) is 0 Å². The van der Waals surface area contributed by atoms with Crippen LogP contribution in [0.4, 0.5) is 17.1 Å². The average Bonchev–Trinajstić information content (AvgIpc) is 2.98. The molecule has 0 aliphatic carbocycles. The van der Waals surface area contributed by atoms with Crippen LogP contribution in [0.15, 0.2) is 123 Å². The number of benzene rings is 5. The van der Waals surface area contributed by atoms with Crippen molar-refractivity contribution in [3.63, 3.8) is 0 Å². The van der Waals surface area contributed by atoms with E-state index in [1.54, 1.807) is 24.3 Å². The summed E-state index contributed by atoms with van der Waals surface area (Å²) in [6.07, 6.45) is 0. The van der Waals surface area contributed by atoms with Crippen LogP contribution < -0.4 is 10.3 Å². The first-order valence-electron chi connectivity index (χ1n) is 13.2. The molecule has 0 saturated heterocycles. The summed E-state index contributed by atoms with van der Waals surface area (Å²) in [7, 11) is 0. The SMILES string of the molecule is CC1(C)c2ccccc2N(c2ccc3oc4cc(S)c(C(=O)c5ccccc5)cc4c(=O)c3c2)c2ccccc21. The van der Waals surface area contributed by atoms with Crippen LogP contribution in [-0.2, 0) is 5.41 Å². The maximum atomic E-state index is 13.9. The molecule has 4 nitrogen and oxygen atoms in total. The van der Waals surface area contributed by atoms with Gasteiger partial charge in [0.15, 0.2) is 5.78 Å². The second-order valence-electron chi connectivity index (χ2n) is 10.7. The fourth-order valence-corrected chi connectivity index (χ4v) is 6.18. The Hall–Kier alpha value is -4.61. The standard InChI is InChI=1S/C35H25NO3S/c1-35(2)26-12-6-8-14-28(26)36(29-15-9-7-13-27(29)35)22-16-17-30-23(18-22)34(38)24-19-25(32(40)20-31(24)39-30)33(37)21-10-4-3-5-11-21/h3-20,40H,1-2H3. The summed E-state index contributed by atoms with van der Waals surface area (Å²) >= 11 is 4.56. The van der Waals surface area contributed by atoms with Gasteiger partial charge in [-0.2, -0.15) is 0 Å². The monoisotopic (exact) mass is 539 g/mol. The van der Waals surface area contributed by atoms with E-state index < -0.39 is 0 Å². The molecule has 0 N–H and O–H groups in total. The van der Waals surface area contributed by atoms with Gasteiger partial charge in [-0.25, -0.2) is 0 Å². The maximum Gasteiger partial charge on any atom is 0.200 e. The molecule has 6 aromatic rings. The van der Waals surface area contributed by atoms with E-state index in [0.29, 0.717) is 38.0 Å². The van der Waals surface area contributed by atoms with Crippen molar-refractivity contribution in [2.75, 3.05) is 4.90 Å². The van der Waals surface area contributed by atoms with Gasteiger partial charge in [0, 0.05) is 27.1 Å². The molecule has 1 aliphatic heterocycles. The number of rotatable bonds is 3. The normalized spacial score (nSPS) is 13.7. The van der Waals surface area contributed by atoms with Crippen LogP contribution in [0.5, 0.6) is 0 Å². The molecular formula is C35H25NO3S. The number of hydrogen-bond donors (Lipinski definition) is 1. The van der Waals surface area contributed by atoms with Gasteiger partial charge in [-0.15, -0.1) is 12.6 Å². The summed E-state index contributed by atoms with van der Waals surface area (Å²) in [5.74, 6) is -0.190. The maximum absolute atomic E-state index is 13.9. The highest BCUT2D eigenvalue weighted by atomic mass is 32.1. The number of para-hydroxylation sites is 2. The molecule has 0 radical (unpaired) electrons. The molecule has 0 unspecified atom stereocenters. The molecule has 0 amide bonds. The Morgan fingerprint density at radius 2 is 1.32 bits per heavy atom. The molecule has 7 rings (SSSR count). The van der Waals surface area contributed by atoms with Gasteiger partial charge in [0.25, 0.3) is 0 Å². The molecule has 2 heterocycles. The van der Waals surface area contributed by atoms with Crippen LogP contribution in [0, 0.1) is 0 Å². The number of thiol groups is 1. The van der Waals surface area contributed by atoms with Gasteiger partial charge < -0.3 is 9.32 Å². The Morgan fingerprint density at radius 1 is 0.725 bits per heavy atom. The Morgan fingerprint density at radius 3 is 2.00 bits per heavy atom. The van der Waals surface area contributed by atoms with Gasteiger partial charge in [-0.1, -0.05) is 80.6 Å². The predicted octanol–water partition coefficient (Wildman–Crippen LogP) is 8.58. The minimum Gasteiger partial charge on any atom is -0.456 e. The van der Waals surface area contributed by atoms with Crippen molar-refractivity contribution < 1.29 is 9.21 Å². The summed E-state index contributed by atoms with van der Waals surface area (Å²) in [4.78, 5) is 29.8. The Balaban J connectivity index is 1.43. The molecule has 1 aliphatic rings. The minimum atomic E-state index is -0.190. The zero-order valence-corrected chi connectivity index (χ0v) is 22.9. The topological polar surface area (TPSA) is 50.5 Å². The number of fused-ring (bicyclic) bond motifs is 4. The number of hydrogen-bond acceptors (Lipinski definition) is 5. The molecule has 0 saturated carbocycles. The van der Waals surface area contributed by atoms with E-state index in [1.807, 2.05) is 48.5 Å². The van der Waals surface area contributed by atoms with E-state index in [1.165, 1.54) is 11.1 Å². The number of nitrogens with zero attached hydrogens (tertiary/aromatic N) is 1. The van der Waals surface area contributed by atoms with Crippen molar-refractivity contribution in [1.82, 2.24) is 0 Å². The third-order valence-electron chi connectivity index (χ3n) is 7.95. The number of carbonyl (C=O) groups excluding carboxylic acids is 1. The van der Waals surface area contributed by atoms with E-state index in [2.05, 4.69) is 67.8 Å². The zero-order valence-electron chi connectivity index (χ0n) is 22.0. The van der Waals surface area contributed by atoms with Crippen LogP contribution in [0.25, 0.3) is 21.9 Å². The molecule has 0 atom stereocenters. The van der Waals surface area contributed by atoms with Gasteiger partial charge in [0.1, 0.15) is 11.2 Å². The Labute approximate surface area is 236 Å². The van der Waals surface area contributed by atoms with Crippen LogP contribution in [0.2, 0.25) is 0 Å². The molecule has 0 bridgehead atoms. The predicted molar refractivity (Wildman–Crippen MR) is 164 cm³/mol. The van der Waals surface area contributed by atoms with E-state index >= 15 is 0 Å². The minimum absolute atomic E-state index is 0.179. The Kier molecular flexibility index (Phi) is 5.48. The smallest absolute Gasteiger partial charge is 0.200 e. The van der Waals surface area contributed by atoms with Crippen molar-refractivity contribution in [2.24, 2.45) is 0 Å². The lowest BCUT2D eigenvalue weighted by atomic mass is 9.73. The van der Waals surface area contributed by atoms with E-state index in [0.717, 1.165) is 17.1 Å². The lowest BCUT2D eigenvalue weighted by molar-refractivity contribution is 0.103. The van der Waals surface area contributed by atoms with Crippen molar-refractivity contribution in [2.45, 2.75) is 24.2 Å². The fraction of sp³-hybridized carbons (Fsp3) is 0.0857. The summed E-state index contributed by atoms with van der Waals surface area (Å²) < 4.78 is 6.18. The molecular weight excluding hydrogens is 514 g/mol. The molecule has 0 fully saturated rings. The summed E-state index contributed by atoms with van der Waals surface area (Å²) in [5.41, 5.74) is 6.86. The second-order valence-corrected chi connectivity index (χ2v) is 11.1. The number of ketones is 1. The first-order chi connectivity index (χ1) is 19.3. The van der Waals surface area contributed by atoms with Gasteiger partial charge in [-0.3, -0.25) is 9.59 Å². The van der Waals surface area contributed by atoms with Crippen LogP contribution in [0.1, 0.15) is 40.9 Å². The first kappa shape index (κ1) is 24.4. The third kappa shape index (κ3) is 3.62. The van der Waals surface area contributed by atoms with Gasteiger partial charge in [0.2, 0.25) is 5.43 Å². The van der Waals surface area contributed by atoms with Crippen LogP contribution >= 0.6 is 12.6 Å². The average molecular weight is 540 g/mol. The van der Waals surface area contributed by atoms with E-state index in [4.69, 9.17) is 4.42 Å². The summed E-state index contributed by atoms with van der Waals surface area (Å²) in [6.45, 7) is 4.49. The molecule has 194 valence electrons. The van der Waals surface area contributed by atoms with Gasteiger partial charge in [0.05, 0.1) is 22.1 Å². The molecule has 40 heavy (non-hydrogen) atoms. The largest absolute Gasteiger partial charge is 0.456 e. The highest BCUT2D eigenvalue weighted by molar-refractivity contribution is 7.80. The van der Waals surface area contributed by atoms with Crippen LogP contribution in [0.3, 0.4) is 0 Å². The fourth-order valence-electron chi connectivity index (χ4n) is 5.89. The zero-order chi connectivity index (χ0) is 27.6. The van der Waals surface area contributed by atoms with E-state index in [9.17, 15) is 9.59 Å². The lowest BCUT2D eigenvalue weighted by Crippen LogP contribution is -2.30. The number of carbonyl (C=O) groups is 1. The van der Waals surface area contributed by atoms with Crippen molar-refractivity contribution in [3.05, 3.63) is 142 Å². The quantitative estimate of drug-likeness (QED) is 0.139. The van der Waals surface area contributed by atoms with Gasteiger partial charge >= 0.3 is 0 Å². The summed E-state index contributed by atoms with van der Waals surface area (Å²) in [6, 6.07) is 34.8. The van der Waals surface area contributed by atoms with Crippen LogP contribution in [-0.4, -0.2) is 5.78 Å². The van der Waals surface area contributed by atoms with Crippen molar-refractivity contribution in [1.29, 1.82) is 0 Å². The first-order valence-corrected chi connectivity index (χ1v) is 13.6.